The Bertz CT molecular complexity index is 1320. The van der Waals surface area contributed by atoms with Crippen LogP contribution in [0.15, 0.2) is 66.7 Å². The van der Waals surface area contributed by atoms with Crippen molar-refractivity contribution >= 4 is 11.8 Å². The van der Waals surface area contributed by atoms with Gasteiger partial charge in [0.1, 0.15) is 19.0 Å². The summed E-state index contributed by atoms with van der Waals surface area (Å²) in [6, 6.07) is 20.7. The van der Waals surface area contributed by atoms with Gasteiger partial charge in [0.15, 0.2) is 11.6 Å². The summed E-state index contributed by atoms with van der Waals surface area (Å²) < 4.78 is 43.1. The van der Waals surface area contributed by atoms with E-state index >= 15 is 0 Å². The zero-order chi connectivity index (χ0) is 29.3. The first-order valence-electron chi connectivity index (χ1n) is 14.5. The van der Waals surface area contributed by atoms with Gasteiger partial charge in [-0.3, -0.25) is 0 Å². The van der Waals surface area contributed by atoms with Crippen LogP contribution in [-0.2, 0) is 27.4 Å². The van der Waals surface area contributed by atoms with Gasteiger partial charge >= 0.3 is 6.09 Å². The van der Waals surface area contributed by atoms with Crippen LogP contribution in [0.4, 0.5) is 14.9 Å². The van der Waals surface area contributed by atoms with Gasteiger partial charge in [0.25, 0.3) is 0 Å². The average Bonchev–Trinajstić information content (AvgIpc) is 3.03. The van der Waals surface area contributed by atoms with E-state index in [0.717, 1.165) is 47.6 Å². The Balaban J connectivity index is 1.30. The third kappa shape index (κ3) is 7.33. The minimum Gasteiger partial charge on any atom is -0.494 e. The summed E-state index contributed by atoms with van der Waals surface area (Å²) in [6.45, 7) is 4.40. The fraction of sp³-hybridized carbons (Fsp3) is 0.424. The molecule has 9 heteroatoms. The van der Waals surface area contributed by atoms with E-state index in [0.29, 0.717) is 39.3 Å². The Labute approximate surface area is 246 Å². The predicted octanol–water partition coefficient (Wildman–Crippen LogP) is 5.78. The summed E-state index contributed by atoms with van der Waals surface area (Å²) in [4.78, 5) is 17.0. The van der Waals surface area contributed by atoms with E-state index in [1.807, 2.05) is 48.5 Å². The zero-order valence-corrected chi connectivity index (χ0v) is 24.3. The number of hydrogen-bond donors (Lipinski definition) is 0. The number of nitrogens with zero attached hydrogens (tertiary/aromatic N) is 2. The van der Waals surface area contributed by atoms with Crippen molar-refractivity contribution in [1.82, 2.24) is 4.90 Å². The van der Waals surface area contributed by atoms with Crippen LogP contribution in [0.25, 0.3) is 0 Å². The van der Waals surface area contributed by atoms with Crippen LogP contribution in [0.5, 0.6) is 11.5 Å². The van der Waals surface area contributed by atoms with Crippen molar-refractivity contribution in [2.45, 2.75) is 38.1 Å². The van der Waals surface area contributed by atoms with Gasteiger partial charge < -0.3 is 33.5 Å². The van der Waals surface area contributed by atoms with Crippen molar-refractivity contribution in [2.75, 3.05) is 58.5 Å². The Morgan fingerprint density at radius 3 is 2.64 bits per heavy atom. The maximum Gasteiger partial charge on any atom is 0.410 e. The molecule has 0 radical (unpaired) electrons. The molecule has 2 atom stereocenters. The van der Waals surface area contributed by atoms with E-state index < -0.39 is 5.82 Å². The maximum absolute atomic E-state index is 14.7. The SMILES string of the molecule is COCCCN1CCOc2ccc(COC3CN(C(=O)OCc4ccccc4)CCC3c3ccc(OC)c(F)c3)cc21. The average molecular weight is 579 g/mol. The van der Waals surface area contributed by atoms with Crippen LogP contribution >= 0.6 is 0 Å². The molecule has 2 unspecified atom stereocenters. The number of likely N-dealkylation sites (tertiary alicyclic amines) is 1. The molecule has 1 saturated heterocycles. The number of fused-ring (bicyclic) bond motifs is 1. The van der Waals surface area contributed by atoms with Crippen molar-refractivity contribution in [2.24, 2.45) is 0 Å². The van der Waals surface area contributed by atoms with Gasteiger partial charge in [-0.15, -0.1) is 0 Å². The van der Waals surface area contributed by atoms with Gasteiger partial charge in [-0.25, -0.2) is 9.18 Å². The number of ether oxygens (including phenoxy) is 5. The molecular formula is C33H39FN2O6. The second-order valence-electron chi connectivity index (χ2n) is 10.6. The molecule has 2 aliphatic rings. The zero-order valence-electron chi connectivity index (χ0n) is 24.3. The molecule has 224 valence electrons. The highest BCUT2D eigenvalue weighted by Crippen LogP contribution is 2.36. The number of amides is 1. The summed E-state index contributed by atoms with van der Waals surface area (Å²) in [5, 5.41) is 0. The van der Waals surface area contributed by atoms with Gasteiger partial charge in [0, 0.05) is 32.7 Å². The molecule has 1 fully saturated rings. The summed E-state index contributed by atoms with van der Waals surface area (Å²) in [5.74, 6) is 0.542. The number of methoxy groups -OCH3 is 2. The van der Waals surface area contributed by atoms with Gasteiger partial charge in [-0.2, -0.15) is 0 Å². The van der Waals surface area contributed by atoms with E-state index in [9.17, 15) is 9.18 Å². The molecule has 2 aliphatic heterocycles. The first kappa shape index (κ1) is 29.7. The summed E-state index contributed by atoms with van der Waals surface area (Å²) >= 11 is 0. The van der Waals surface area contributed by atoms with Crippen LogP contribution < -0.4 is 14.4 Å². The molecule has 0 N–H and O–H groups in total. The van der Waals surface area contributed by atoms with Crippen molar-refractivity contribution < 1.29 is 32.9 Å². The quantitative estimate of drug-likeness (QED) is 0.267. The third-order valence-corrected chi connectivity index (χ3v) is 7.85. The Morgan fingerprint density at radius 2 is 1.86 bits per heavy atom. The van der Waals surface area contributed by atoms with Gasteiger partial charge in [-0.1, -0.05) is 42.5 Å². The lowest BCUT2D eigenvalue weighted by Crippen LogP contribution is -2.47. The number of carbonyl (C=O) groups is 1. The lowest BCUT2D eigenvalue weighted by Gasteiger charge is -2.38. The molecule has 8 nitrogen and oxygen atoms in total. The molecular weight excluding hydrogens is 539 g/mol. The molecule has 0 aromatic heterocycles. The predicted molar refractivity (Wildman–Crippen MR) is 158 cm³/mol. The second-order valence-corrected chi connectivity index (χ2v) is 10.6. The standard InChI is InChI=1S/C33H39FN2O6/c1-38-17-6-14-35-16-18-40-31-11-9-25(19-29(31)35)23-41-32-21-36(33(37)42-22-24-7-4-3-5-8-24)15-13-27(32)26-10-12-30(39-2)28(34)20-26/h3-5,7-12,19-20,27,32H,6,13-18,21-23H2,1-2H3. The summed E-state index contributed by atoms with van der Waals surface area (Å²) in [5.41, 5.74) is 3.79. The molecule has 3 aromatic rings. The Kier molecular flexibility index (Phi) is 10.2. The lowest BCUT2D eigenvalue weighted by atomic mass is 9.87. The second kappa shape index (κ2) is 14.4. The van der Waals surface area contributed by atoms with E-state index in [-0.39, 0.29) is 30.5 Å². The van der Waals surface area contributed by atoms with Crippen molar-refractivity contribution in [3.8, 4) is 11.5 Å². The molecule has 5 rings (SSSR count). The number of piperidine rings is 1. The van der Waals surface area contributed by atoms with E-state index in [1.165, 1.54) is 13.2 Å². The minimum atomic E-state index is -0.415. The monoisotopic (exact) mass is 578 g/mol. The van der Waals surface area contributed by atoms with E-state index in [1.54, 1.807) is 18.1 Å². The number of carbonyl (C=O) groups excluding carboxylic acids is 1. The van der Waals surface area contributed by atoms with Crippen LogP contribution in [0.3, 0.4) is 0 Å². The molecule has 2 heterocycles. The number of benzene rings is 3. The van der Waals surface area contributed by atoms with Crippen molar-refractivity contribution in [3.63, 3.8) is 0 Å². The number of rotatable bonds is 11. The molecule has 0 saturated carbocycles. The minimum absolute atomic E-state index is 0.102. The lowest BCUT2D eigenvalue weighted by molar-refractivity contribution is -0.0246. The highest BCUT2D eigenvalue weighted by molar-refractivity contribution is 5.68. The van der Waals surface area contributed by atoms with E-state index in [2.05, 4.69) is 11.0 Å². The first-order chi connectivity index (χ1) is 20.6. The normalized spacial score (nSPS) is 18.3. The highest BCUT2D eigenvalue weighted by Gasteiger charge is 2.34. The van der Waals surface area contributed by atoms with Crippen LogP contribution in [-0.4, -0.2) is 70.7 Å². The fourth-order valence-electron chi connectivity index (χ4n) is 5.60. The maximum atomic E-state index is 14.7. The van der Waals surface area contributed by atoms with Crippen molar-refractivity contribution in [3.05, 3.63) is 89.2 Å². The van der Waals surface area contributed by atoms with Gasteiger partial charge in [-0.05, 0) is 53.8 Å². The largest absolute Gasteiger partial charge is 0.494 e. The van der Waals surface area contributed by atoms with Crippen molar-refractivity contribution in [1.29, 1.82) is 0 Å². The third-order valence-electron chi connectivity index (χ3n) is 7.85. The summed E-state index contributed by atoms with van der Waals surface area (Å²) in [7, 11) is 3.16. The van der Waals surface area contributed by atoms with Crippen LogP contribution in [0.1, 0.15) is 35.4 Å². The number of anilines is 1. The van der Waals surface area contributed by atoms with Gasteiger partial charge in [0.05, 0.1) is 38.6 Å². The number of halogens is 1. The molecule has 3 aromatic carbocycles. The fourth-order valence-corrected chi connectivity index (χ4v) is 5.60. The highest BCUT2D eigenvalue weighted by atomic mass is 19.1. The molecule has 0 aliphatic carbocycles. The molecule has 1 amide bonds. The summed E-state index contributed by atoms with van der Waals surface area (Å²) in [6.07, 6.45) is 0.794. The Hall–Kier alpha value is -3.82. The number of hydrogen-bond acceptors (Lipinski definition) is 7. The molecule has 0 spiro atoms. The van der Waals surface area contributed by atoms with Gasteiger partial charge in [0.2, 0.25) is 0 Å². The topological polar surface area (TPSA) is 69.7 Å². The Morgan fingerprint density at radius 1 is 1.00 bits per heavy atom. The molecule has 0 bridgehead atoms. The smallest absolute Gasteiger partial charge is 0.410 e. The molecule has 42 heavy (non-hydrogen) atoms. The first-order valence-corrected chi connectivity index (χ1v) is 14.5. The van der Waals surface area contributed by atoms with Crippen LogP contribution in [0.2, 0.25) is 0 Å². The van der Waals surface area contributed by atoms with Crippen LogP contribution in [0, 0.1) is 5.82 Å². The van der Waals surface area contributed by atoms with E-state index in [4.69, 9.17) is 23.7 Å².